The first kappa shape index (κ1) is 21.6. The first-order valence-electron chi connectivity index (χ1n) is 8.47. The van der Waals surface area contributed by atoms with Gasteiger partial charge in [-0.3, -0.25) is 0 Å². The fourth-order valence-corrected chi connectivity index (χ4v) is 1.92. The zero-order valence-corrected chi connectivity index (χ0v) is 15.7. The first-order valence-corrected chi connectivity index (χ1v) is 8.47. The molecule has 4 nitrogen and oxygen atoms in total. The maximum atomic E-state index is 5.76. The molecule has 0 rings (SSSR count). The molecule has 4 heteroatoms. The zero-order valence-electron chi connectivity index (χ0n) is 15.7. The molecule has 0 radical (unpaired) electrons. The summed E-state index contributed by atoms with van der Waals surface area (Å²) >= 11 is 0. The van der Waals surface area contributed by atoms with Crippen molar-refractivity contribution in [3.63, 3.8) is 0 Å². The second-order valence-corrected chi connectivity index (χ2v) is 6.54. The summed E-state index contributed by atoms with van der Waals surface area (Å²) in [7, 11) is 0. The van der Waals surface area contributed by atoms with E-state index in [9.17, 15) is 0 Å². The SMILES string of the molecule is CC(C)OC(C/C=C\CC(OC(C)C)OC(C)C)OC(C)C. The van der Waals surface area contributed by atoms with Crippen LogP contribution in [0.25, 0.3) is 0 Å². The maximum absolute atomic E-state index is 5.76. The molecule has 132 valence electrons. The average Bonchev–Trinajstić information content (AvgIpc) is 2.31. The highest BCUT2D eigenvalue weighted by molar-refractivity contribution is 4.84. The molecule has 0 amide bonds. The standard InChI is InChI=1S/C18H36O4/c1-13(2)19-17(20-14(3)4)11-9-10-12-18(21-15(5)6)22-16(7)8/h9-10,13-18H,11-12H2,1-8H3/b10-9-. The Morgan fingerprint density at radius 2 is 0.727 bits per heavy atom. The summed E-state index contributed by atoms with van der Waals surface area (Å²) in [6.45, 7) is 16.1. The molecular formula is C18H36O4. The minimum absolute atomic E-state index is 0.151. The van der Waals surface area contributed by atoms with E-state index in [-0.39, 0.29) is 37.0 Å². The molecule has 0 unspecified atom stereocenters. The van der Waals surface area contributed by atoms with Crippen LogP contribution >= 0.6 is 0 Å². The molecule has 0 aromatic heterocycles. The van der Waals surface area contributed by atoms with Gasteiger partial charge in [0.2, 0.25) is 0 Å². The van der Waals surface area contributed by atoms with Gasteiger partial charge in [0.1, 0.15) is 0 Å². The molecule has 22 heavy (non-hydrogen) atoms. The zero-order chi connectivity index (χ0) is 17.1. The molecule has 0 aliphatic rings. The third-order valence-electron chi connectivity index (χ3n) is 2.52. The fraction of sp³-hybridized carbons (Fsp3) is 0.889. The monoisotopic (exact) mass is 316 g/mol. The van der Waals surface area contributed by atoms with E-state index in [4.69, 9.17) is 18.9 Å². The number of hydrogen-bond donors (Lipinski definition) is 0. The van der Waals surface area contributed by atoms with Crippen molar-refractivity contribution < 1.29 is 18.9 Å². The number of hydrogen-bond acceptors (Lipinski definition) is 4. The Morgan fingerprint density at radius 1 is 0.500 bits per heavy atom. The van der Waals surface area contributed by atoms with Crippen molar-refractivity contribution in [2.24, 2.45) is 0 Å². The van der Waals surface area contributed by atoms with Crippen LogP contribution in [0.2, 0.25) is 0 Å². The van der Waals surface area contributed by atoms with Gasteiger partial charge in [-0.05, 0) is 55.4 Å². The maximum Gasteiger partial charge on any atom is 0.161 e. The molecule has 0 aliphatic heterocycles. The molecule has 0 heterocycles. The quantitative estimate of drug-likeness (QED) is 0.387. The van der Waals surface area contributed by atoms with Crippen LogP contribution in [-0.2, 0) is 18.9 Å². The minimum atomic E-state index is -0.202. The van der Waals surface area contributed by atoms with Gasteiger partial charge in [0, 0.05) is 12.8 Å². The van der Waals surface area contributed by atoms with E-state index in [2.05, 4.69) is 12.2 Å². The van der Waals surface area contributed by atoms with Crippen LogP contribution in [0.5, 0.6) is 0 Å². The highest BCUT2D eigenvalue weighted by Crippen LogP contribution is 2.12. The van der Waals surface area contributed by atoms with Gasteiger partial charge in [-0.1, -0.05) is 12.2 Å². The topological polar surface area (TPSA) is 36.9 Å². The van der Waals surface area contributed by atoms with Crippen LogP contribution in [0.4, 0.5) is 0 Å². The second-order valence-electron chi connectivity index (χ2n) is 6.54. The van der Waals surface area contributed by atoms with E-state index in [1.54, 1.807) is 0 Å². The number of ether oxygens (including phenoxy) is 4. The van der Waals surface area contributed by atoms with Gasteiger partial charge in [0.25, 0.3) is 0 Å². The van der Waals surface area contributed by atoms with Crippen molar-refractivity contribution in [1.82, 2.24) is 0 Å². The van der Waals surface area contributed by atoms with Crippen molar-refractivity contribution >= 4 is 0 Å². The minimum Gasteiger partial charge on any atom is -0.350 e. The van der Waals surface area contributed by atoms with Gasteiger partial charge < -0.3 is 18.9 Å². The summed E-state index contributed by atoms with van der Waals surface area (Å²) in [4.78, 5) is 0. The predicted molar refractivity (Wildman–Crippen MR) is 90.8 cm³/mol. The molecule has 0 saturated heterocycles. The van der Waals surface area contributed by atoms with Gasteiger partial charge in [-0.15, -0.1) is 0 Å². The lowest BCUT2D eigenvalue weighted by Gasteiger charge is -2.23. The first-order chi connectivity index (χ1) is 10.2. The third-order valence-corrected chi connectivity index (χ3v) is 2.52. The Balaban J connectivity index is 4.33. The van der Waals surface area contributed by atoms with Crippen LogP contribution in [-0.4, -0.2) is 37.0 Å². The molecule has 0 atom stereocenters. The summed E-state index contributed by atoms with van der Waals surface area (Å²) < 4.78 is 23.0. The van der Waals surface area contributed by atoms with E-state index in [1.807, 2.05) is 55.4 Å². The summed E-state index contributed by atoms with van der Waals surface area (Å²) in [5, 5.41) is 0. The lowest BCUT2D eigenvalue weighted by molar-refractivity contribution is -0.180. The molecular weight excluding hydrogens is 280 g/mol. The fourth-order valence-electron chi connectivity index (χ4n) is 1.92. The lowest BCUT2D eigenvalue weighted by atomic mass is 10.3. The Hall–Kier alpha value is -0.420. The van der Waals surface area contributed by atoms with Crippen molar-refractivity contribution in [3.05, 3.63) is 12.2 Å². The Labute approximate surface area is 137 Å². The number of rotatable bonds is 12. The van der Waals surface area contributed by atoms with E-state index in [0.717, 1.165) is 12.8 Å². The van der Waals surface area contributed by atoms with Crippen LogP contribution in [0.15, 0.2) is 12.2 Å². The second kappa shape index (κ2) is 12.1. The van der Waals surface area contributed by atoms with Crippen LogP contribution in [0.3, 0.4) is 0 Å². The lowest BCUT2D eigenvalue weighted by Crippen LogP contribution is -2.24. The van der Waals surface area contributed by atoms with Crippen LogP contribution in [0, 0.1) is 0 Å². The van der Waals surface area contributed by atoms with Gasteiger partial charge >= 0.3 is 0 Å². The summed E-state index contributed by atoms with van der Waals surface area (Å²) in [5.74, 6) is 0. The molecule has 0 spiro atoms. The van der Waals surface area contributed by atoms with Gasteiger partial charge in [-0.2, -0.15) is 0 Å². The molecule has 0 fully saturated rings. The van der Waals surface area contributed by atoms with Crippen molar-refractivity contribution in [3.8, 4) is 0 Å². The summed E-state index contributed by atoms with van der Waals surface area (Å²) in [6.07, 6.45) is 5.82. The molecule has 0 aromatic carbocycles. The van der Waals surface area contributed by atoms with Crippen molar-refractivity contribution in [2.45, 2.75) is 105 Å². The van der Waals surface area contributed by atoms with Crippen molar-refractivity contribution in [1.29, 1.82) is 0 Å². The summed E-state index contributed by atoms with van der Waals surface area (Å²) in [5.41, 5.74) is 0. The Morgan fingerprint density at radius 3 is 0.909 bits per heavy atom. The average molecular weight is 316 g/mol. The van der Waals surface area contributed by atoms with E-state index in [1.165, 1.54) is 0 Å². The molecule has 0 saturated carbocycles. The van der Waals surface area contributed by atoms with Crippen LogP contribution in [0.1, 0.15) is 68.2 Å². The molecule has 0 bridgehead atoms. The third kappa shape index (κ3) is 13.3. The summed E-state index contributed by atoms with van der Waals surface area (Å²) in [6, 6.07) is 0. The Kier molecular flexibility index (Phi) is 11.8. The normalized spacial score (nSPS) is 13.2. The van der Waals surface area contributed by atoms with Crippen molar-refractivity contribution in [2.75, 3.05) is 0 Å². The van der Waals surface area contributed by atoms with E-state index in [0.29, 0.717) is 0 Å². The largest absolute Gasteiger partial charge is 0.350 e. The Bertz CT molecular complexity index is 237. The van der Waals surface area contributed by atoms with Gasteiger partial charge in [-0.25, -0.2) is 0 Å². The molecule has 0 N–H and O–H groups in total. The van der Waals surface area contributed by atoms with Crippen LogP contribution < -0.4 is 0 Å². The predicted octanol–water partition coefficient (Wildman–Crippen LogP) is 4.68. The molecule has 0 aliphatic carbocycles. The highest BCUT2D eigenvalue weighted by atomic mass is 16.7. The van der Waals surface area contributed by atoms with E-state index < -0.39 is 0 Å². The van der Waals surface area contributed by atoms with E-state index >= 15 is 0 Å². The van der Waals surface area contributed by atoms with Gasteiger partial charge in [0.05, 0.1) is 24.4 Å². The smallest absolute Gasteiger partial charge is 0.161 e. The molecule has 0 aromatic rings. The highest BCUT2D eigenvalue weighted by Gasteiger charge is 2.13. The van der Waals surface area contributed by atoms with Gasteiger partial charge in [0.15, 0.2) is 12.6 Å².